The summed E-state index contributed by atoms with van der Waals surface area (Å²) in [6.45, 7) is 0. The van der Waals surface area contributed by atoms with Crippen LogP contribution in [0.25, 0.3) is 16.8 Å². The van der Waals surface area contributed by atoms with Crippen molar-refractivity contribution in [1.29, 1.82) is 0 Å². The summed E-state index contributed by atoms with van der Waals surface area (Å²) in [6.07, 6.45) is 13.6. The Bertz CT molecular complexity index is 1250. The largest absolute Gasteiger partial charge is 0.367 e. The Morgan fingerprint density at radius 3 is 2.37 bits per heavy atom. The van der Waals surface area contributed by atoms with E-state index in [1.54, 1.807) is 12.3 Å². The first-order chi connectivity index (χ1) is 14.7. The molecule has 0 saturated carbocycles. The summed E-state index contributed by atoms with van der Waals surface area (Å²) in [6, 6.07) is 18.0. The number of rotatable bonds is 5. The number of nitrogens with one attached hydrogen (secondary N) is 1. The van der Waals surface area contributed by atoms with Gasteiger partial charge in [-0.05, 0) is 47.5 Å². The number of hydrogen-bond donors (Lipinski definition) is 1. The van der Waals surface area contributed by atoms with E-state index in [1.807, 2.05) is 61.6 Å². The predicted octanol–water partition coefficient (Wildman–Crippen LogP) is 6.61. The van der Waals surface area contributed by atoms with Crippen LogP contribution in [0, 0.1) is 0 Å². The monoisotopic (exact) mass is 432 g/mol. The summed E-state index contributed by atoms with van der Waals surface area (Å²) < 4.78 is 4.14. The molecule has 0 radical (unpaired) electrons. The minimum Gasteiger partial charge on any atom is -0.367 e. The van der Waals surface area contributed by atoms with Crippen molar-refractivity contribution >= 4 is 23.2 Å². The highest BCUT2D eigenvalue weighted by Crippen LogP contribution is 2.38. The molecule has 6 heteroatoms. The highest BCUT2D eigenvalue weighted by Gasteiger charge is 2.23. The summed E-state index contributed by atoms with van der Waals surface area (Å²) in [5.74, 6) is 0. The lowest BCUT2D eigenvalue weighted by Gasteiger charge is -2.21. The van der Waals surface area contributed by atoms with Gasteiger partial charge in [0.05, 0.1) is 12.4 Å². The number of nitrogens with zero attached hydrogens (tertiary/aromatic N) is 3. The van der Waals surface area contributed by atoms with Gasteiger partial charge in [0.25, 0.3) is 0 Å². The molecule has 0 saturated heterocycles. The SMILES string of the molecule is Clc1ccc([C@H](c2c[nH]cc2-c2ccc(-n3cccc3)cc2)n2ccnc2)c(Cl)c1. The lowest BCUT2D eigenvalue weighted by Crippen LogP contribution is -2.11. The summed E-state index contributed by atoms with van der Waals surface area (Å²) in [5.41, 5.74) is 5.42. The number of imidazole rings is 1. The molecule has 2 aromatic carbocycles. The number of halogens is 2. The highest BCUT2D eigenvalue weighted by molar-refractivity contribution is 6.35. The maximum absolute atomic E-state index is 6.60. The normalized spacial score (nSPS) is 12.2. The lowest BCUT2D eigenvalue weighted by atomic mass is 9.94. The average molecular weight is 433 g/mol. The zero-order valence-corrected chi connectivity index (χ0v) is 17.4. The third kappa shape index (κ3) is 3.45. The van der Waals surface area contributed by atoms with Crippen molar-refractivity contribution in [2.45, 2.75) is 6.04 Å². The van der Waals surface area contributed by atoms with Crippen molar-refractivity contribution < 1.29 is 0 Å². The van der Waals surface area contributed by atoms with Gasteiger partial charge in [0.1, 0.15) is 0 Å². The highest BCUT2D eigenvalue weighted by atomic mass is 35.5. The maximum atomic E-state index is 6.60. The van der Waals surface area contributed by atoms with Crippen LogP contribution in [0.15, 0.2) is 98.1 Å². The fourth-order valence-electron chi connectivity index (χ4n) is 3.81. The van der Waals surface area contributed by atoms with Crippen LogP contribution < -0.4 is 0 Å². The van der Waals surface area contributed by atoms with E-state index in [1.165, 1.54) is 0 Å². The van der Waals surface area contributed by atoms with Crippen LogP contribution in [0.5, 0.6) is 0 Å². The Morgan fingerprint density at radius 2 is 1.67 bits per heavy atom. The molecule has 1 N–H and O–H groups in total. The molecule has 30 heavy (non-hydrogen) atoms. The third-order valence-corrected chi connectivity index (χ3v) is 5.80. The molecule has 5 rings (SSSR count). The van der Waals surface area contributed by atoms with Gasteiger partial charge in [-0.15, -0.1) is 0 Å². The van der Waals surface area contributed by atoms with E-state index in [2.05, 4.69) is 43.4 Å². The van der Waals surface area contributed by atoms with Crippen LogP contribution in [0.3, 0.4) is 0 Å². The van der Waals surface area contributed by atoms with Crippen molar-refractivity contribution in [1.82, 2.24) is 19.1 Å². The molecule has 0 bridgehead atoms. The van der Waals surface area contributed by atoms with Crippen LogP contribution in [-0.4, -0.2) is 19.1 Å². The van der Waals surface area contributed by atoms with E-state index in [0.717, 1.165) is 27.9 Å². The van der Waals surface area contributed by atoms with E-state index in [-0.39, 0.29) is 6.04 Å². The zero-order valence-electron chi connectivity index (χ0n) is 15.9. The molecule has 4 nitrogen and oxygen atoms in total. The van der Waals surface area contributed by atoms with Gasteiger partial charge in [0.15, 0.2) is 0 Å². The first-order valence-electron chi connectivity index (χ1n) is 9.53. The van der Waals surface area contributed by atoms with Gasteiger partial charge in [0.2, 0.25) is 0 Å². The standard InChI is InChI=1S/C24H18Cl2N4/c25-18-5-8-20(23(26)13-18)24(30-12-9-27-16-30)22-15-28-14-21(22)17-3-6-19(7-4-17)29-10-1-2-11-29/h1-16,24,28H/t24-/m1/s1. The number of aromatic nitrogens is 4. The van der Waals surface area contributed by atoms with Gasteiger partial charge in [-0.25, -0.2) is 4.98 Å². The first-order valence-corrected chi connectivity index (χ1v) is 10.3. The third-order valence-electron chi connectivity index (χ3n) is 5.23. The fraction of sp³-hybridized carbons (Fsp3) is 0.0417. The topological polar surface area (TPSA) is 38.5 Å². The second kappa shape index (κ2) is 7.90. The van der Waals surface area contributed by atoms with Gasteiger partial charge < -0.3 is 14.1 Å². The molecule has 5 aromatic rings. The first kappa shape index (κ1) is 18.8. The number of H-pyrrole nitrogens is 1. The summed E-state index contributed by atoms with van der Waals surface area (Å²) in [5, 5.41) is 1.24. The van der Waals surface area contributed by atoms with E-state index >= 15 is 0 Å². The summed E-state index contributed by atoms with van der Waals surface area (Å²) >= 11 is 12.7. The molecular formula is C24H18Cl2N4. The molecule has 0 unspecified atom stereocenters. The van der Waals surface area contributed by atoms with E-state index < -0.39 is 0 Å². The lowest BCUT2D eigenvalue weighted by molar-refractivity contribution is 0.679. The number of aromatic amines is 1. The van der Waals surface area contributed by atoms with Gasteiger partial charge in [-0.2, -0.15) is 0 Å². The Hall–Kier alpha value is -3.21. The molecule has 3 heterocycles. The van der Waals surface area contributed by atoms with Crippen LogP contribution in [-0.2, 0) is 0 Å². The number of benzene rings is 2. The molecular weight excluding hydrogens is 415 g/mol. The Morgan fingerprint density at radius 1 is 0.867 bits per heavy atom. The average Bonchev–Trinajstić information content (AvgIpc) is 3.53. The second-order valence-electron chi connectivity index (χ2n) is 7.04. The Kier molecular flexibility index (Phi) is 4.95. The molecule has 0 aliphatic rings. The molecule has 0 fully saturated rings. The maximum Gasteiger partial charge on any atom is 0.0954 e. The van der Waals surface area contributed by atoms with Gasteiger partial charge in [-0.1, -0.05) is 41.4 Å². The van der Waals surface area contributed by atoms with E-state index in [0.29, 0.717) is 10.0 Å². The molecule has 0 aliphatic carbocycles. The van der Waals surface area contributed by atoms with Crippen molar-refractivity contribution in [3.8, 4) is 16.8 Å². The van der Waals surface area contributed by atoms with Gasteiger partial charge in [-0.3, -0.25) is 0 Å². The van der Waals surface area contributed by atoms with Crippen molar-refractivity contribution in [2.75, 3.05) is 0 Å². The van der Waals surface area contributed by atoms with Crippen LogP contribution in [0.4, 0.5) is 0 Å². The predicted molar refractivity (Wildman–Crippen MR) is 121 cm³/mol. The van der Waals surface area contributed by atoms with Crippen LogP contribution in [0.2, 0.25) is 10.0 Å². The minimum atomic E-state index is -0.136. The van der Waals surface area contributed by atoms with E-state index in [9.17, 15) is 0 Å². The molecule has 148 valence electrons. The van der Waals surface area contributed by atoms with Crippen molar-refractivity contribution in [2.24, 2.45) is 0 Å². The van der Waals surface area contributed by atoms with Gasteiger partial charge in [0, 0.05) is 64.0 Å². The second-order valence-corrected chi connectivity index (χ2v) is 7.88. The molecule has 0 spiro atoms. The quantitative estimate of drug-likeness (QED) is 0.333. The van der Waals surface area contributed by atoms with Crippen molar-refractivity contribution in [3.05, 3.63) is 119 Å². The van der Waals surface area contributed by atoms with Crippen molar-refractivity contribution in [3.63, 3.8) is 0 Å². The summed E-state index contributed by atoms with van der Waals surface area (Å²) in [4.78, 5) is 7.52. The number of hydrogen-bond acceptors (Lipinski definition) is 1. The van der Waals surface area contributed by atoms with Gasteiger partial charge >= 0.3 is 0 Å². The molecule has 0 aliphatic heterocycles. The zero-order chi connectivity index (χ0) is 20.5. The molecule has 1 atom stereocenters. The Labute approximate surface area is 184 Å². The minimum absolute atomic E-state index is 0.136. The molecule has 0 amide bonds. The van der Waals surface area contributed by atoms with E-state index in [4.69, 9.17) is 23.2 Å². The van der Waals surface area contributed by atoms with Crippen LogP contribution >= 0.6 is 23.2 Å². The Balaban J connectivity index is 1.60. The fourth-order valence-corrected chi connectivity index (χ4v) is 4.32. The summed E-state index contributed by atoms with van der Waals surface area (Å²) in [7, 11) is 0. The molecule has 3 aromatic heterocycles. The van der Waals surface area contributed by atoms with Crippen LogP contribution in [0.1, 0.15) is 17.2 Å². The smallest absolute Gasteiger partial charge is 0.0954 e.